The lowest BCUT2D eigenvalue weighted by Gasteiger charge is -2.36. The molecule has 0 aromatic carbocycles. The van der Waals surface area contributed by atoms with Gasteiger partial charge in [-0.2, -0.15) is 0 Å². The van der Waals surface area contributed by atoms with Crippen LogP contribution in [0.5, 0.6) is 0 Å². The first-order chi connectivity index (χ1) is 6.66. The summed E-state index contributed by atoms with van der Waals surface area (Å²) in [6.45, 7) is 2.48. The van der Waals surface area contributed by atoms with Gasteiger partial charge in [-0.25, -0.2) is 0 Å². The van der Waals surface area contributed by atoms with E-state index in [9.17, 15) is 9.59 Å². The number of hydrogen-bond acceptors (Lipinski definition) is 4. The molecule has 2 rings (SSSR count). The number of carbonyl (C=O) groups excluding carboxylic acids is 2. The Balaban J connectivity index is 1.80. The van der Waals surface area contributed by atoms with Gasteiger partial charge in [0.15, 0.2) is 0 Å². The zero-order valence-electron chi connectivity index (χ0n) is 8.11. The van der Waals surface area contributed by atoms with Crippen LogP contribution in [0.15, 0.2) is 0 Å². The van der Waals surface area contributed by atoms with E-state index in [2.05, 4.69) is 0 Å². The molecule has 5 heteroatoms. The summed E-state index contributed by atoms with van der Waals surface area (Å²) in [4.78, 5) is 26.2. The highest BCUT2D eigenvalue weighted by atomic mass is 16.2. The van der Waals surface area contributed by atoms with Gasteiger partial charge in [-0.05, 0) is 6.42 Å². The maximum absolute atomic E-state index is 11.6. The van der Waals surface area contributed by atoms with Crippen molar-refractivity contribution in [2.24, 2.45) is 5.73 Å². The van der Waals surface area contributed by atoms with Crippen LogP contribution in [0.25, 0.3) is 0 Å². The molecule has 0 atom stereocenters. The molecule has 2 aliphatic heterocycles. The summed E-state index contributed by atoms with van der Waals surface area (Å²) in [5.41, 5.74) is 5.59. The minimum atomic E-state index is -0.0700. The van der Waals surface area contributed by atoms with Gasteiger partial charge in [-0.3, -0.25) is 19.4 Å². The fourth-order valence-corrected chi connectivity index (χ4v) is 1.93. The van der Waals surface area contributed by atoms with E-state index in [1.807, 2.05) is 4.90 Å². The number of nitrogens with zero attached hydrogens (tertiary/aromatic N) is 2. The first-order valence-electron chi connectivity index (χ1n) is 4.98. The topological polar surface area (TPSA) is 66.6 Å². The van der Waals surface area contributed by atoms with Gasteiger partial charge in [-0.15, -0.1) is 0 Å². The summed E-state index contributed by atoms with van der Waals surface area (Å²) in [7, 11) is 0. The molecule has 14 heavy (non-hydrogen) atoms. The van der Waals surface area contributed by atoms with Crippen LogP contribution in [0, 0.1) is 0 Å². The number of amides is 2. The predicted molar refractivity (Wildman–Crippen MR) is 50.4 cm³/mol. The van der Waals surface area contributed by atoms with Crippen molar-refractivity contribution >= 4 is 11.8 Å². The Bertz CT molecular complexity index is 261. The lowest BCUT2D eigenvalue weighted by molar-refractivity contribution is -0.143. The Morgan fingerprint density at radius 3 is 2.71 bits per heavy atom. The van der Waals surface area contributed by atoms with Crippen LogP contribution >= 0.6 is 0 Å². The van der Waals surface area contributed by atoms with E-state index >= 15 is 0 Å². The summed E-state index contributed by atoms with van der Waals surface area (Å²) in [6, 6.07) is 0.206. The maximum atomic E-state index is 11.6. The van der Waals surface area contributed by atoms with Gasteiger partial charge in [0.05, 0.1) is 6.54 Å². The van der Waals surface area contributed by atoms with E-state index in [1.54, 1.807) is 0 Å². The molecule has 2 amide bonds. The zero-order chi connectivity index (χ0) is 10.1. The first-order valence-corrected chi connectivity index (χ1v) is 4.98. The largest absolute Gasteiger partial charge is 0.325 e. The third-order valence-electron chi connectivity index (χ3n) is 2.72. The molecule has 5 nitrogen and oxygen atoms in total. The molecular weight excluding hydrogens is 182 g/mol. The van der Waals surface area contributed by atoms with Gasteiger partial charge < -0.3 is 5.73 Å². The average Bonchev–Trinajstić information content (AvgIpc) is 2.48. The van der Waals surface area contributed by atoms with E-state index in [0.717, 1.165) is 19.5 Å². The third kappa shape index (κ3) is 1.78. The maximum Gasteiger partial charge on any atom is 0.243 e. The Morgan fingerprint density at radius 2 is 2.21 bits per heavy atom. The van der Waals surface area contributed by atoms with Gasteiger partial charge >= 0.3 is 0 Å². The second-order valence-corrected chi connectivity index (χ2v) is 4.00. The van der Waals surface area contributed by atoms with Crippen molar-refractivity contribution in [3.63, 3.8) is 0 Å². The molecular formula is C9H15N3O2. The molecule has 0 unspecified atom stereocenters. The van der Waals surface area contributed by atoms with E-state index < -0.39 is 0 Å². The minimum absolute atomic E-state index is 0.0279. The zero-order valence-corrected chi connectivity index (χ0v) is 8.11. The van der Waals surface area contributed by atoms with Gasteiger partial charge in [0.2, 0.25) is 11.8 Å². The molecule has 0 spiro atoms. The van der Waals surface area contributed by atoms with Gasteiger partial charge in [-0.1, -0.05) is 0 Å². The van der Waals surface area contributed by atoms with E-state index in [4.69, 9.17) is 5.73 Å². The monoisotopic (exact) mass is 197 g/mol. The summed E-state index contributed by atoms with van der Waals surface area (Å²) in [5, 5.41) is 0. The second kappa shape index (κ2) is 3.67. The van der Waals surface area contributed by atoms with Gasteiger partial charge in [0, 0.05) is 32.1 Å². The average molecular weight is 197 g/mol. The van der Waals surface area contributed by atoms with E-state index in [0.29, 0.717) is 19.5 Å². The molecule has 0 bridgehead atoms. The van der Waals surface area contributed by atoms with Gasteiger partial charge in [0.1, 0.15) is 0 Å². The van der Waals surface area contributed by atoms with Crippen LogP contribution in [-0.2, 0) is 9.59 Å². The van der Waals surface area contributed by atoms with Crippen molar-refractivity contribution < 1.29 is 9.59 Å². The fourth-order valence-electron chi connectivity index (χ4n) is 1.93. The Hall–Kier alpha value is -0.940. The van der Waals surface area contributed by atoms with Crippen LogP contribution in [0.3, 0.4) is 0 Å². The predicted octanol–water partition coefficient (Wildman–Crippen LogP) is -1.22. The smallest absolute Gasteiger partial charge is 0.243 e. The van der Waals surface area contributed by atoms with Crippen LogP contribution in [0.4, 0.5) is 0 Å². The normalized spacial score (nSPS) is 24.1. The molecule has 0 aliphatic carbocycles. The summed E-state index contributed by atoms with van der Waals surface area (Å²) < 4.78 is 0. The lowest BCUT2D eigenvalue weighted by Crippen LogP contribution is -2.58. The fraction of sp³-hybridized carbons (Fsp3) is 0.778. The van der Waals surface area contributed by atoms with E-state index in [-0.39, 0.29) is 17.9 Å². The highest BCUT2D eigenvalue weighted by Gasteiger charge is 2.30. The summed E-state index contributed by atoms with van der Waals surface area (Å²) >= 11 is 0. The molecule has 0 saturated carbocycles. The molecule has 0 aromatic rings. The molecule has 2 N–H and O–H groups in total. The van der Waals surface area contributed by atoms with Crippen molar-refractivity contribution in [3.05, 3.63) is 0 Å². The highest BCUT2D eigenvalue weighted by Crippen LogP contribution is 2.12. The third-order valence-corrected chi connectivity index (χ3v) is 2.72. The van der Waals surface area contributed by atoms with E-state index in [1.165, 1.54) is 4.90 Å². The lowest BCUT2D eigenvalue weighted by atomic mass is 10.1. The summed E-state index contributed by atoms with van der Waals surface area (Å²) in [6.07, 6.45) is 1.33. The standard InChI is InChI=1S/C9H15N3O2/c10-7-4-11(5-7)6-9(14)12-3-1-2-8(12)13/h7H,1-6,10H2. The molecule has 0 aromatic heterocycles. The van der Waals surface area contributed by atoms with Gasteiger partial charge in [0.25, 0.3) is 0 Å². The van der Waals surface area contributed by atoms with Crippen molar-refractivity contribution in [1.29, 1.82) is 0 Å². The number of nitrogens with two attached hydrogens (primary N) is 1. The summed E-state index contributed by atoms with van der Waals surface area (Å²) in [5.74, 6) is -0.0979. The second-order valence-electron chi connectivity index (χ2n) is 4.00. The van der Waals surface area contributed by atoms with Crippen LogP contribution in [0.2, 0.25) is 0 Å². The number of rotatable bonds is 2. The molecule has 78 valence electrons. The Morgan fingerprint density at radius 1 is 1.50 bits per heavy atom. The first kappa shape index (κ1) is 9.61. The Labute approximate surface area is 82.8 Å². The Kier molecular flexibility index (Phi) is 2.52. The number of imide groups is 1. The van der Waals surface area contributed by atoms with Crippen LogP contribution in [0.1, 0.15) is 12.8 Å². The number of carbonyl (C=O) groups is 2. The van der Waals surface area contributed by atoms with Crippen LogP contribution < -0.4 is 5.73 Å². The van der Waals surface area contributed by atoms with Crippen LogP contribution in [-0.4, -0.2) is 53.8 Å². The number of hydrogen-bond donors (Lipinski definition) is 1. The van der Waals surface area contributed by atoms with Crippen molar-refractivity contribution in [2.45, 2.75) is 18.9 Å². The minimum Gasteiger partial charge on any atom is -0.325 e. The molecule has 2 saturated heterocycles. The van der Waals surface area contributed by atoms with Crippen molar-refractivity contribution in [2.75, 3.05) is 26.2 Å². The molecule has 2 heterocycles. The molecule has 2 aliphatic rings. The van der Waals surface area contributed by atoms with Crippen molar-refractivity contribution in [1.82, 2.24) is 9.80 Å². The highest BCUT2D eigenvalue weighted by molar-refractivity contribution is 5.97. The van der Waals surface area contributed by atoms with Crippen molar-refractivity contribution in [3.8, 4) is 0 Å². The molecule has 2 fully saturated rings. The number of likely N-dealkylation sites (tertiary alicyclic amines) is 2. The SMILES string of the molecule is NC1CN(CC(=O)N2CCCC2=O)C1. The molecule has 0 radical (unpaired) electrons. The quantitative estimate of drug-likeness (QED) is 0.602.